The first-order chi connectivity index (χ1) is 18.4. The summed E-state index contributed by atoms with van der Waals surface area (Å²) in [6.07, 6.45) is 1.69. The fraction of sp³-hybridized carbons (Fsp3) is 0.207. The number of carbonyl (C=O) groups excluding carboxylic acids is 2. The van der Waals surface area contributed by atoms with E-state index < -0.39 is 41.2 Å². The van der Waals surface area contributed by atoms with Crippen LogP contribution in [0.2, 0.25) is 0 Å². The number of H-pyrrole nitrogens is 1. The van der Waals surface area contributed by atoms with Crippen molar-refractivity contribution >= 4 is 34.4 Å². The van der Waals surface area contributed by atoms with Crippen LogP contribution in [-0.4, -0.2) is 45.6 Å². The zero-order valence-corrected chi connectivity index (χ0v) is 20.4. The second-order valence-corrected chi connectivity index (χ2v) is 9.71. The van der Waals surface area contributed by atoms with E-state index in [1.54, 1.807) is 48.7 Å². The topological polar surface area (TPSA) is 132 Å². The van der Waals surface area contributed by atoms with Gasteiger partial charge in [0.2, 0.25) is 11.8 Å². The molecule has 9 heteroatoms. The molecule has 9 nitrogen and oxygen atoms in total. The lowest BCUT2D eigenvalue weighted by atomic mass is 9.76. The predicted molar refractivity (Wildman–Crippen MR) is 139 cm³/mol. The number of rotatable bonds is 6. The van der Waals surface area contributed by atoms with Gasteiger partial charge in [-0.05, 0) is 42.0 Å². The summed E-state index contributed by atoms with van der Waals surface area (Å²) in [4.78, 5) is 45.3. The Hall–Kier alpha value is -4.63. The van der Waals surface area contributed by atoms with E-state index in [1.165, 1.54) is 13.2 Å². The fourth-order valence-electron chi connectivity index (χ4n) is 6.02. The van der Waals surface area contributed by atoms with Gasteiger partial charge in [0.1, 0.15) is 17.0 Å². The van der Waals surface area contributed by atoms with Crippen molar-refractivity contribution in [1.29, 1.82) is 0 Å². The number of aliphatic carboxylic acids is 1. The highest BCUT2D eigenvalue weighted by molar-refractivity contribution is 6.24. The van der Waals surface area contributed by atoms with E-state index in [-0.39, 0.29) is 12.2 Å². The van der Waals surface area contributed by atoms with E-state index in [9.17, 15) is 24.6 Å². The number of fused-ring (bicyclic) bond motifs is 2. The van der Waals surface area contributed by atoms with Gasteiger partial charge in [-0.25, -0.2) is 4.90 Å². The number of hydrogen-bond donors (Lipinski definition) is 4. The number of aromatic hydroxyl groups is 1. The van der Waals surface area contributed by atoms with Gasteiger partial charge in [0.15, 0.2) is 0 Å². The smallest absolute Gasteiger partial charge is 0.325 e. The average Bonchev–Trinajstić information content (AvgIpc) is 3.57. The number of phenolic OH excluding ortho intramolecular Hbond substituents is 1. The number of phenols is 1. The van der Waals surface area contributed by atoms with Gasteiger partial charge in [0.05, 0.1) is 24.6 Å². The lowest BCUT2D eigenvalue weighted by molar-refractivity contribution is -0.148. The summed E-state index contributed by atoms with van der Waals surface area (Å²) in [6.45, 7) is 0. The van der Waals surface area contributed by atoms with Crippen molar-refractivity contribution in [2.75, 3.05) is 12.0 Å². The number of amides is 2. The Bertz CT molecular complexity index is 1580. The van der Waals surface area contributed by atoms with E-state index in [4.69, 9.17) is 4.74 Å². The Morgan fingerprint density at radius 3 is 2.42 bits per heavy atom. The molecule has 0 unspecified atom stereocenters. The SMILES string of the molecule is COc1ccc(N2C(=O)[C@@H]3[C@@H](c4ccccc4O)N[C@@](Cc4c[nH]c5ccccc45)(C(=O)O)[C@@H]3C2=O)cc1. The predicted octanol–water partition coefficient (Wildman–Crippen LogP) is 3.40. The Morgan fingerprint density at radius 1 is 1.00 bits per heavy atom. The average molecular weight is 512 g/mol. The minimum absolute atomic E-state index is 0.0485. The number of hydrogen-bond acceptors (Lipinski definition) is 6. The summed E-state index contributed by atoms with van der Waals surface area (Å²) < 4.78 is 5.20. The van der Waals surface area contributed by atoms with Crippen LogP contribution in [0, 0.1) is 11.8 Å². The number of carbonyl (C=O) groups is 3. The van der Waals surface area contributed by atoms with Gasteiger partial charge in [-0.1, -0.05) is 36.4 Å². The van der Waals surface area contributed by atoms with Crippen LogP contribution in [0.25, 0.3) is 10.9 Å². The molecule has 0 spiro atoms. The summed E-state index contributed by atoms with van der Waals surface area (Å²) in [7, 11) is 1.51. The molecule has 4 N–H and O–H groups in total. The number of nitrogens with one attached hydrogen (secondary N) is 2. The molecule has 38 heavy (non-hydrogen) atoms. The van der Waals surface area contributed by atoms with Crippen molar-refractivity contribution in [3.05, 3.63) is 90.1 Å². The number of anilines is 1. The largest absolute Gasteiger partial charge is 0.508 e. The van der Waals surface area contributed by atoms with Crippen LogP contribution in [-0.2, 0) is 20.8 Å². The third-order valence-corrected chi connectivity index (χ3v) is 7.78. The summed E-state index contributed by atoms with van der Waals surface area (Å²) in [5, 5.41) is 25.4. The summed E-state index contributed by atoms with van der Waals surface area (Å²) in [6, 6.07) is 19.5. The Balaban J connectivity index is 1.51. The molecule has 192 valence electrons. The number of methoxy groups -OCH3 is 1. The Labute approximate surface area is 217 Å². The third-order valence-electron chi connectivity index (χ3n) is 7.78. The zero-order chi connectivity index (χ0) is 26.6. The third kappa shape index (κ3) is 3.39. The van der Waals surface area contributed by atoms with Crippen molar-refractivity contribution in [2.24, 2.45) is 11.8 Å². The molecule has 2 saturated heterocycles. The Kier molecular flexibility index (Phi) is 5.46. The number of carboxylic acid groups (broad SMARTS) is 1. The molecular formula is C29H25N3O6. The van der Waals surface area contributed by atoms with E-state index >= 15 is 0 Å². The first-order valence-electron chi connectivity index (χ1n) is 12.2. The van der Waals surface area contributed by atoms with Crippen LogP contribution in [0.3, 0.4) is 0 Å². The molecule has 0 saturated carbocycles. The molecule has 2 fully saturated rings. The fourth-order valence-corrected chi connectivity index (χ4v) is 6.02. The van der Waals surface area contributed by atoms with Gasteiger partial charge in [-0.3, -0.25) is 19.7 Å². The molecule has 2 aliphatic rings. The lowest BCUT2D eigenvalue weighted by Gasteiger charge is -2.31. The molecule has 3 aromatic carbocycles. The molecule has 0 aliphatic carbocycles. The van der Waals surface area contributed by atoms with Crippen LogP contribution in [0.1, 0.15) is 17.2 Å². The van der Waals surface area contributed by atoms with Crippen LogP contribution in [0.5, 0.6) is 11.5 Å². The highest BCUT2D eigenvalue weighted by atomic mass is 16.5. The normalized spacial score (nSPS) is 24.7. The molecule has 2 amide bonds. The molecule has 2 aliphatic heterocycles. The molecular weight excluding hydrogens is 486 g/mol. The number of imide groups is 1. The second-order valence-electron chi connectivity index (χ2n) is 9.71. The number of para-hydroxylation sites is 2. The van der Waals surface area contributed by atoms with E-state index in [1.807, 2.05) is 24.3 Å². The summed E-state index contributed by atoms with van der Waals surface area (Å²) in [5.74, 6) is -4.15. The van der Waals surface area contributed by atoms with E-state index in [0.717, 1.165) is 15.8 Å². The molecule has 0 radical (unpaired) electrons. The van der Waals surface area contributed by atoms with Gasteiger partial charge in [-0.15, -0.1) is 0 Å². The zero-order valence-electron chi connectivity index (χ0n) is 20.4. The van der Waals surface area contributed by atoms with E-state index in [0.29, 0.717) is 22.6 Å². The lowest BCUT2D eigenvalue weighted by Crippen LogP contribution is -2.57. The van der Waals surface area contributed by atoms with Crippen LogP contribution in [0.15, 0.2) is 79.0 Å². The minimum atomic E-state index is -1.81. The van der Waals surface area contributed by atoms with Crippen LogP contribution < -0.4 is 15.0 Å². The molecule has 3 heterocycles. The first-order valence-corrected chi connectivity index (χ1v) is 12.2. The van der Waals surface area contributed by atoms with Crippen molar-refractivity contribution in [3.63, 3.8) is 0 Å². The van der Waals surface area contributed by atoms with Crippen LogP contribution >= 0.6 is 0 Å². The number of carboxylic acids is 1. The quantitative estimate of drug-likeness (QED) is 0.292. The monoisotopic (exact) mass is 511 g/mol. The second kappa shape index (κ2) is 8.74. The molecule has 4 aromatic rings. The molecule has 6 rings (SSSR count). The van der Waals surface area contributed by atoms with Crippen molar-refractivity contribution in [1.82, 2.24) is 10.3 Å². The number of aromatic amines is 1. The molecule has 0 bridgehead atoms. The number of nitrogens with zero attached hydrogens (tertiary/aromatic N) is 1. The standard InChI is InChI=1S/C29H25N3O6/c1-38-18-12-10-17(11-13-18)32-26(34)23-24(27(32)35)29(28(36)37,31-25(23)20-7-3-5-9-22(20)33)14-16-15-30-21-8-4-2-6-19(16)21/h2-13,15,23-25,30-31,33H,14H2,1H3,(H,36,37)/t23-,24-,25+,29+/m0/s1. The van der Waals surface area contributed by atoms with Crippen molar-refractivity contribution in [2.45, 2.75) is 18.0 Å². The van der Waals surface area contributed by atoms with Crippen molar-refractivity contribution < 1.29 is 29.3 Å². The van der Waals surface area contributed by atoms with Crippen molar-refractivity contribution in [3.8, 4) is 11.5 Å². The highest BCUT2D eigenvalue weighted by Crippen LogP contribution is 2.52. The number of benzene rings is 3. The van der Waals surface area contributed by atoms with Gasteiger partial charge >= 0.3 is 5.97 Å². The first kappa shape index (κ1) is 23.7. The van der Waals surface area contributed by atoms with E-state index in [2.05, 4.69) is 10.3 Å². The number of aromatic nitrogens is 1. The summed E-state index contributed by atoms with van der Waals surface area (Å²) >= 11 is 0. The Morgan fingerprint density at radius 2 is 1.71 bits per heavy atom. The maximum Gasteiger partial charge on any atom is 0.325 e. The van der Waals surface area contributed by atoms with Gasteiger partial charge in [0, 0.05) is 35.1 Å². The van der Waals surface area contributed by atoms with Crippen LogP contribution in [0.4, 0.5) is 5.69 Å². The molecule has 4 atom stereocenters. The maximum atomic E-state index is 14.0. The maximum absolute atomic E-state index is 14.0. The van der Waals surface area contributed by atoms with Gasteiger partial charge in [0.25, 0.3) is 0 Å². The summed E-state index contributed by atoms with van der Waals surface area (Å²) in [5.41, 5.74) is 0.426. The van der Waals surface area contributed by atoms with Gasteiger partial charge in [-0.2, -0.15) is 0 Å². The molecule has 1 aromatic heterocycles. The number of ether oxygens (including phenoxy) is 1. The minimum Gasteiger partial charge on any atom is -0.508 e. The highest BCUT2D eigenvalue weighted by Gasteiger charge is 2.69. The van der Waals surface area contributed by atoms with Gasteiger partial charge < -0.3 is 19.9 Å².